The predicted molar refractivity (Wildman–Crippen MR) is 54.4 cm³/mol. The van der Waals surface area contributed by atoms with Gasteiger partial charge < -0.3 is 5.32 Å². The highest BCUT2D eigenvalue weighted by Gasteiger charge is 2.13. The summed E-state index contributed by atoms with van der Waals surface area (Å²) in [6, 6.07) is 8.29. The first-order chi connectivity index (χ1) is 5.40. The normalized spacial score (nSPS) is 16.6. The van der Waals surface area contributed by atoms with Crippen LogP contribution in [0.4, 0.5) is 5.69 Å². The molecule has 0 spiro atoms. The van der Waals surface area contributed by atoms with Gasteiger partial charge in [-0.2, -0.15) is 0 Å². The maximum absolute atomic E-state index is 4.11. The van der Waals surface area contributed by atoms with Crippen molar-refractivity contribution in [1.82, 2.24) is 0 Å². The Labute approximate surface area is 78.1 Å². The number of fused-ring (bicyclic) bond motifs is 1. The maximum atomic E-state index is 4.11. The van der Waals surface area contributed by atoms with Gasteiger partial charge in [0, 0.05) is 19.2 Å². The van der Waals surface area contributed by atoms with Crippen LogP contribution in [0.15, 0.2) is 29.3 Å². The zero-order valence-corrected chi connectivity index (χ0v) is 7.69. The second kappa shape index (κ2) is 3.59. The fraction of sp³-hybridized carbons (Fsp3) is 0.222. The molecule has 1 aliphatic rings. The third-order valence-corrected chi connectivity index (χ3v) is 1.92. The molecule has 0 aromatic heterocycles. The Kier molecular flexibility index (Phi) is 2.71. The molecule has 0 fully saturated rings. The molecule has 64 valence electrons. The Bertz CT molecular complexity index is 280. The van der Waals surface area contributed by atoms with Crippen LogP contribution in [-0.4, -0.2) is 12.9 Å². The number of anilines is 1. The summed E-state index contributed by atoms with van der Waals surface area (Å²) in [6.45, 7) is 0. The minimum atomic E-state index is 0. The van der Waals surface area contributed by atoms with Crippen LogP contribution in [0, 0.1) is 0 Å². The Morgan fingerprint density at radius 3 is 2.75 bits per heavy atom. The molecule has 1 aromatic carbocycles. The lowest BCUT2D eigenvalue weighted by Crippen LogP contribution is -2.04. The number of benzene rings is 1. The fourth-order valence-corrected chi connectivity index (χ4v) is 1.31. The lowest BCUT2D eigenvalue weighted by Gasteiger charge is -1.95. The second-order valence-corrected chi connectivity index (χ2v) is 2.63. The average molecular weight is 183 g/mol. The first-order valence-electron chi connectivity index (χ1n) is 3.71. The lowest BCUT2D eigenvalue weighted by atomic mass is 10.2. The molecule has 0 aliphatic carbocycles. The van der Waals surface area contributed by atoms with Crippen LogP contribution in [-0.2, 0) is 6.42 Å². The number of para-hydroxylation sites is 1. The van der Waals surface area contributed by atoms with Gasteiger partial charge in [-0.05, 0) is 11.6 Å². The van der Waals surface area contributed by atoms with Crippen molar-refractivity contribution >= 4 is 23.9 Å². The monoisotopic (exact) mass is 182 g/mol. The number of halogens is 1. The van der Waals surface area contributed by atoms with Crippen molar-refractivity contribution < 1.29 is 0 Å². The van der Waals surface area contributed by atoms with E-state index in [9.17, 15) is 0 Å². The Morgan fingerprint density at radius 1 is 1.33 bits per heavy atom. The molecule has 0 bridgehead atoms. The number of nitrogens with zero attached hydrogens (tertiary/aromatic N) is 1. The lowest BCUT2D eigenvalue weighted by molar-refractivity contribution is 1.34. The van der Waals surface area contributed by atoms with Crippen molar-refractivity contribution in [3.05, 3.63) is 29.8 Å². The number of nitrogens with one attached hydrogen (secondary N) is 1. The third kappa shape index (κ3) is 1.43. The van der Waals surface area contributed by atoms with Gasteiger partial charge in [0.1, 0.15) is 5.84 Å². The van der Waals surface area contributed by atoms with Crippen LogP contribution >= 0.6 is 12.4 Å². The predicted octanol–water partition coefficient (Wildman–Crippen LogP) is 2.10. The number of hydrogen-bond donors (Lipinski definition) is 1. The van der Waals surface area contributed by atoms with Gasteiger partial charge >= 0.3 is 0 Å². The standard InChI is InChI=1S/C9H10N2.ClH/c1-10-9-6-7-4-2-3-5-8(7)11-9;/h2-5H,6H2,1H3,(H,10,11);1H. The van der Waals surface area contributed by atoms with Gasteiger partial charge in [0.2, 0.25) is 0 Å². The second-order valence-electron chi connectivity index (χ2n) is 2.63. The molecule has 1 N–H and O–H groups in total. The Hall–Kier alpha value is -1.02. The van der Waals surface area contributed by atoms with Gasteiger partial charge in [0.05, 0.1) is 0 Å². The van der Waals surface area contributed by atoms with Crippen LogP contribution in [0.2, 0.25) is 0 Å². The van der Waals surface area contributed by atoms with Crippen molar-refractivity contribution in [1.29, 1.82) is 0 Å². The van der Waals surface area contributed by atoms with E-state index in [0.717, 1.165) is 12.3 Å². The molecule has 0 amide bonds. The molecular formula is C9H11ClN2. The summed E-state index contributed by atoms with van der Waals surface area (Å²) in [5.74, 6) is 1.06. The molecule has 1 aromatic rings. The van der Waals surface area contributed by atoms with Gasteiger partial charge in [-0.1, -0.05) is 18.2 Å². The molecular weight excluding hydrogens is 172 g/mol. The molecule has 12 heavy (non-hydrogen) atoms. The van der Waals surface area contributed by atoms with E-state index >= 15 is 0 Å². The van der Waals surface area contributed by atoms with Crippen LogP contribution < -0.4 is 5.32 Å². The van der Waals surface area contributed by atoms with Gasteiger partial charge in [-0.25, -0.2) is 0 Å². The van der Waals surface area contributed by atoms with Crippen LogP contribution in [0.25, 0.3) is 0 Å². The molecule has 0 saturated carbocycles. The number of amidine groups is 1. The smallest absolute Gasteiger partial charge is 0.105 e. The molecule has 2 rings (SSSR count). The van der Waals surface area contributed by atoms with E-state index in [0.29, 0.717) is 0 Å². The molecule has 2 nitrogen and oxygen atoms in total. The zero-order chi connectivity index (χ0) is 7.68. The van der Waals surface area contributed by atoms with E-state index in [-0.39, 0.29) is 12.4 Å². The summed E-state index contributed by atoms with van der Waals surface area (Å²) < 4.78 is 0. The van der Waals surface area contributed by atoms with E-state index in [1.165, 1.54) is 11.3 Å². The van der Waals surface area contributed by atoms with E-state index in [1.54, 1.807) is 0 Å². The van der Waals surface area contributed by atoms with Crippen molar-refractivity contribution in [2.24, 2.45) is 4.99 Å². The van der Waals surface area contributed by atoms with Crippen molar-refractivity contribution in [3.63, 3.8) is 0 Å². The number of rotatable bonds is 0. The number of aliphatic imine (C=N–C) groups is 1. The van der Waals surface area contributed by atoms with Gasteiger partial charge in [-0.3, -0.25) is 4.99 Å². The minimum absolute atomic E-state index is 0. The highest BCUT2D eigenvalue weighted by atomic mass is 35.5. The molecule has 0 saturated heterocycles. The molecule has 0 atom stereocenters. The van der Waals surface area contributed by atoms with E-state index in [1.807, 2.05) is 13.1 Å². The van der Waals surface area contributed by atoms with Gasteiger partial charge in [0.15, 0.2) is 0 Å². The summed E-state index contributed by atoms with van der Waals surface area (Å²) in [6.07, 6.45) is 0.951. The highest BCUT2D eigenvalue weighted by molar-refractivity contribution is 6.02. The zero-order valence-electron chi connectivity index (χ0n) is 6.87. The first-order valence-corrected chi connectivity index (χ1v) is 3.71. The molecule has 0 unspecified atom stereocenters. The van der Waals surface area contributed by atoms with Gasteiger partial charge in [-0.15, -0.1) is 12.4 Å². The van der Waals surface area contributed by atoms with Crippen LogP contribution in [0.5, 0.6) is 0 Å². The fourth-order valence-electron chi connectivity index (χ4n) is 1.31. The van der Waals surface area contributed by atoms with E-state index in [2.05, 4.69) is 28.5 Å². The van der Waals surface area contributed by atoms with E-state index in [4.69, 9.17) is 0 Å². The Morgan fingerprint density at radius 2 is 2.08 bits per heavy atom. The first kappa shape index (κ1) is 9.07. The van der Waals surface area contributed by atoms with Crippen molar-refractivity contribution in [3.8, 4) is 0 Å². The Balaban J connectivity index is 0.000000720. The van der Waals surface area contributed by atoms with E-state index < -0.39 is 0 Å². The summed E-state index contributed by atoms with van der Waals surface area (Å²) in [7, 11) is 1.81. The quantitative estimate of drug-likeness (QED) is 0.653. The summed E-state index contributed by atoms with van der Waals surface area (Å²) >= 11 is 0. The van der Waals surface area contributed by atoms with Gasteiger partial charge in [0.25, 0.3) is 0 Å². The highest BCUT2D eigenvalue weighted by Crippen LogP contribution is 2.21. The third-order valence-electron chi connectivity index (χ3n) is 1.92. The van der Waals surface area contributed by atoms with Crippen molar-refractivity contribution in [2.45, 2.75) is 6.42 Å². The van der Waals surface area contributed by atoms with Crippen LogP contribution in [0.1, 0.15) is 5.56 Å². The molecule has 0 radical (unpaired) electrons. The molecule has 1 aliphatic heterocycles. The maximum Gasteiger partial charge on any atom is 0.105 e. The number of hydrogen-bond acceptors (Lipinski definition) is 1. The summed E-state index contributed by atoms with van der Waals surface area (Å²) in [5.41, 5.74) is 2.54. The SMILES string of the molecule is CN=C1Cc2ccccc2N1.Cl. The van der Waals surface area contributed by atoms with Crippen molar-refractivity contribution in [2.75, 3.05) is 12.4 Å². The minimum Gasteiger partial charge on any atom is -0.344 e. The topological polar surface area (TPSA) is 24.4 Å². The summed E-state index contributed by atoms with van der Waals surface area (Å²) in [4.78, 5) is 4.11. The molecule has 3 heteroatoms. The summed E-state index contributed by atoms with van der Waals surface area (Å²) in [5, 5.41) is 3.23. The molecule has 1 heterocycles. The van der Waals surface area contributed by atoms with Crippen LogP contribution in [0.3, 0.4) is 0 Å². The largest absolute Gasteiger partial charge is 0.344 e. The average Bonchev–Trinajstić information content (AvgIpc) is 2.46.